The number of ether oxygens (including phenoxy) is 1. The molecule has 5 nitrogen and oxygen atoms in total. The number of carbonyl (C=O) groups is 1. The Morgan fingerprint density at radius 2 is 1.84 bits per heavy atom. The summed E-state index contributed by atoms with van der Waals surface area (Å²) in [5.74, 6) is -0.400. The summed E-state index contributed by atoms with van der Waals surface area (Å²) < 4.78 is 30.6. The van der Waals surface area contributed by atoms with Crippen LogP contribution in [0.5, 0.6) is 5.75 Å². The third-order valence-electron chi connectivity index (χ3n) is 3.96. The zero-order chi connectivity index (χ0) is 18.6. The number of sulfone groups is 1. The Hall–Kier alpha value is -2.05. The number of hydrogen-bond donors (Lipinski definition) is 0. The Morgan fingerprint density at radius 1 is 1.20 bits per heavy atom. The van der Waals surface area contributed by atoms with Gasteiger partial charge in [0.1, 0.15) is 11.0 Å². The minimum atomic E-state index is -3.74. The molecule has 0 saturated heterocycles. The summed E-state index contributed by atoms with van der Waals surface area (Å²) in [6, 6.07) is 13.7. The van der Waals surface area contributed by atoms with Crippen molar-refractivity contribution >= 4 is 33.0 Å². The van der Waals surface area contributed by atoms with Crippen LogP contribution in [0.25, 0.3) is 0 Å². The van der Waals surface area contributed by atoms with Crippen molar-refractivity contribution < 1.29 is 17.9 Å². The lowest BCUT2D eigenvalue weighted by atomic mass is 10.2. The predicted molar refractivity (Wildman–Crippen MR) is 99.9 cm³/mol. The molecule has 25 heavy (non-hydrogen) atoms. The summed E-state index contributed by atoms with van der Waals surface area (Å²) in [6.07, 6.45) is 0. The molecule has 0 bridgehead atoms. The lowest BCUT2D eigenvalue weighted by Gasteiger charge is -2.22. The van der Waals surface area contributed by atoms with Crippen LogP contribution in [0.15, 0.2) is 48.5 Å². The summed E-state index contributed by atoms with van der Waals surface area (Å²) in [6.45, 7) is 1.40. The molecule has 7 heteroatoms. The summed E-state index contributed by atoms with van der Waals surface area (Å²) >= 11 is 5.95. The number of anilines is 1. The first-order valence-electron chi connectivity index (χ1n) is 7.63. The van der Waals surface area contributed by atoms with Crippen molar-refractivity contribution in [3.8, 4) is 5.75 Å². The van der Waals surface area contributed by atoms with Gasteiger partial charge in [-0.1, -0.05) is 29.8 Å². The van der Waals surface area contributed by atoms with Crippen LogP contribution in [-0.2, 0) is 20.4 Å². The topological polar surface area (TPSA) is 63.7 Å². The van der Waals surface area contributed by atoms with Gasteiger partial charge in [0.2, 0.25) is 5.91 Å². The minimum absolute atomic E-state index is 0.327. The van der Waals surface area contributed by atoms with E-state index in [4.69, 9.17) is 16.3 Å². The van der Waals surface area contributed by atoms with Gasteiger partial charge in [0.15, 0.2) is 9.84 Å². The Labute approximate surface area is 153 Å². The average molecular weight is 382 g/mol. The zero-order valence-electron chi connectivity index (χ0n) is 14.3. The smallest absolute Gasteiger partial charge is 0.244 e. The van der Waals surface area contributed by atoms with E-state index >= 15 is 0 Å². The van der Waals surface area contributed by atoms with Crippen LogP contribution in [0.2, 0.25) is 5.02 Å². The van der Waals surface area contributed by atoms with Crippen molar-refractivity contribution in [3.05, 3.63) is 59.1 Å². The van der Waals surface area contributed by atoms with Crippen molar-refractivity contribution in [1.29, 1.82) is 0 Å². The van der Waals surface area contributed by atoms with Crippen LogP contribution in [0.4, 0.5) is 5.69 Å². The van der Waals surface area contributed by atoms with Crippen molar-refractivity contribution in [2.24, 2.45) is 0 Å². The highest BCUT2D eigenvalue weighted by Crippen LogP contribution is 2.26. The highest BCUT2D eigenvalue weighted by Gasteiger charge is 2.31. The van der Waals surface area contributed by atoms with Crippen LogP contribution in [0.3, 0.4) is 0 Å². The summed E-state index contributed by atoms with van der Waals surface area (Å²) in [4.78, 5) is 13.9. The van der Waals surface area contributed by atoms with Gasteiger partial charge in [-0.3, -0.25) is 4.79 Å². The third-order valence-corrected chi connectivity index (χ3v) is 6.19. The van der Waals surface area contributed by atoms with Gasteiger partial charge in [-0.2, -0.15) is 0 Å². The lowest BCUT2D eigenvalue weighted by Crippen LogP contribution is -2.39. The molecule has 2 aromatic carbocycles. The van der Waals surface area contributed by atoms with Crippen molar-refractivity contribution in [2.45, 2.75) is 17.9 Å². The molecule has 0 spiro atoms. The van der Waals surface area contributed by atoms with E-state index in [1.165, 1.54) is 25.0 Å². The van der Waals surface area contributed by atoms with Gasteiger partial charge in [-0.15, -0.1) is 0 Å². The predicted octanol–water partition coefficient (Wildman–Crippen LogP) is 3.31. The molecule has 0 saturated carbocycles. The molecular formula is C18H20ClNO4S. The van der Waals surface area contributed by atoms with E-state index in [-0.39, 0.29) is 5.75 Å². The second kappa shape index (κ2) is 7.89. The van der Waals surface area contributed by atoms with E-state index in [1.54, 1.807) is 43.4 Å². The van der Waals surface area contributed by atoms with E-state index in [1.807, 2.05) is 6.07 Å². The molecule has 2 aromatic rings. The third kappa shape index (κ3) is 4.52. The molecule has 0 N–H and O–H groups in total. The quantitative estimate of drug-likeness (QED) is 0.770. The molecule has 0 heterocycles. The SMILES string of the molecule is COc1ccc(Cl)cc1CS(=O)(=O)C(C)C(=O)N(C)c1ccccc1. The minimum Gasteiger partial charge on any atom is -0.496 e. The molecule has 0 fully saturated rings. The van der Waals surface area contributed by atoms with Crippen molar-refractivity contribution in [1.82, 2.24) is 0 Å². The maximum Gasteiger partial charge on any atom is 0.244 e. The molecule has 1 atom stereocenters. The molecule has 2 rings (SSSR count). The number of methoxy groups -OCH3 is 1. The molecule has 0 aliphatic rings. The second-order valence-electron chi connectivity index (χ2n) is 5.64. The van der Waals surface area contributed by atoms with Crippen molar-refractivity contribution in [3.63, 3.8) is 0 Å². The number of para-hydroxylation sites is 1. The lowest BCUT2D eigenvalue weighted by molar-refractivity contribution is -0.117. The maximum atomic E-state index is 12.7. The molecule has 134 valence electrons. The standard InChI is InChI=1S/C18H20ClNO4S/c1-13(18(21)20(2)16-7-5-4-6-8-16)25(22,23)12-14-11-15(19)9-10-17(14)24-3/h4-11,13H,12H2,1-3H3. The number of amides is 1. The van der Waals surface area contributed by atoms with Gasteiger partial charge in [-0.25, -0.2) is 8.42 Å². The molecule has 1 unspecified atom stereocenters. The Balaban J connectivity index is 2.24. The van der Waals surface area contributed by atoms with Crippen LogP contribution in [0, 0.1) is 0 Å². The first kappa shape index (κ1) is 19.3. The fourth-order valence-corrected chi connectivity index (χ4v) is 3.98. The summed E-state index contributed by atoms with van der Waals surface area (Å²) in [7, 11) is -0.730. The molecular weight excluding hydrogens is 362 g/mol. The van der Waals surface area contributed by atoms with E-state index in [0.717, 1.165) is 0 Å². The number of halogens is 1. The van der Waals surface area contributed by atoms with Crippen LogP contribution >= 0.6 is 11.6 Å². The molecule has 0 aliphatic heterocycles. The number of benzene rings is 2. The van der Waals surface area contributed by atoms with Gasteiger partial charge in [-0.05, 0) is 37.3 Å². The Morgan fingerprint density at radius 3 is 2.44 bits per heavy atom. The van der Waals surface area contributed by atoms with Crippen LogP contribution in [0.1, 0.15) is 12.5 Å². The molecule has 0 aliphatic carbocycles. The van der Waals surface area contributed by atoms with Crippen molar-refractivity contribution in [2.75, 3.05) is 19.1 Å². The number of hydrogen-bond acceptors (Lipinski definition) is 4. The molecule has 0 radical (unpaired) electrons. The highest BCUT2D eigenvalue weighted by molar-refractivity contribution is 7.92. The summed E-state index contributed by atoms with van der Waals surface area (Å²) in [5, 5.41) is -0.784. The Bertz CT molecular complexity index is 853. The van der Waals surface area contributed by atoms with E-state index in [9.17, 15) is 13.2 Å². The molecule has 0 aromatic heterocycles. The van der Waals surface area contributed by atoms with E-state index < -0.39 is 21.0 Å². The fourth-order valence-electron chi connectivity index (χ4n) is 2.41. The van der Waals surface area contributed by atoms with Crippen LogP contribution < -0.4 is 9.64 Å². The molecule has 1 amide bonds. The number of carbonyl (C=O) groups excluding carboxylic acids is 1. The first-order valence-corrected chi connectivity index (χ1v) is 9.72. The number of rotatable bonds is 6. The van der Waals surface area contributed by atoms with Gasteiger partial charge >= 0.3 is 0 Å². The van der Waals surface area contributed by atoms with Gasteiger partial charge in [0.25, 0.3) is 0 Å². The average Bonchev–Trinajstić information content (AvgIpc) is 2.60. The highest BCUT2D eigenvalue weighted by atomic mass is 35.5. The van der Waals surface area contributed by atoms with Gasteiger partial charge in [0.05, 0.1) is 12.9 Å². The van der Waals surface area contributed by atoms with Gasteiger partial charge < -0.3 is 9.64 Å². The van der Waals surface area contributed by atoms with Crippen LogP contribution in [-0.4, -0.2) is 33.7 Å². The first-order chi connectivity index (χ1) is 11.8. The Kier molecular flexibility index (Phi) is 6.08. The normalized spacial score (nSPS) is 12.5. The van der Waals surface area contributed by atoms with Gasteiger partial charge in [0, 0.05) is 23.3 Å². The summed E-state index contributed by atoms with van der Waals surface area (Å²) in [5.41, 5.74) is 1.06. The fraction of sp³-hybridized carbons (Fsp3) is 0.278. The maximum absolute atomic E-state index is 12.7. The zero-order valence-corrected chi connectivity index (χ0v) is 15.8. The second-order valence-corrected chi connectivity index (χ2v) is 8.40. The largest absolute Gasteiger partial charge is 0.496 e. The van der Waals surface area contributed by atoms with E-state index in [2.05, 4.69) is 0 Å². The number of nitrogens with zero attached hydrogens (tertiary/aromatic N) is 1. The van der Waals surface area contributed by atoms with E-state index in [0.29, 0.717) is 22.0 Å². The monoisotopic (exact) mass is 381 g/mol.